The number of anilines is 1. The van der Waals surface area contributed by atoms with E-state index in [1.807, 2.05) is 30.3 Å². The number of ketones is 1. The summed E-state index contributed by atoms with van der Waals surface area (Å²) >= 11 is 0. The van der Waals surface area contributed by atoms with Crippen LogP contribution in [0.5, 0.6) is 0 Å². The van der Waals surface area contributed by atoms with Crippen molar-refractivity contribution < 1.29 is 23.5 Å². The first-order valence-electron chi connectivity index (χ1n) is 8.24. The summed E-state index contributed by atoms with van der Waals surface area (Å²) < 4.78 is 10.7. The lowest BCUT2D eigenvalue weighted by Crippen LogP contribution is -2.35. The Kier molecular flexibility index (Phi) is 4.25. The minimum Gasteiger partial charge on any atom is -0.454 e. The number of carbonyl (C=O) groups excluding carboxylic acids is 3. The summed E-state index contributed by atoms with van der Waals surface area (Å²) in [5.74, 6) is -1.22. The van der Waals surface area contributed by atoms with Gasteiger partial charge in [-0.05, 0) is 12.1 Å². The number of Topliss-reactive ketones (excluding diaryl/α,β-unsaturated/α-hetero) is 1. The third-order valence-corrected chi connectivity index (χ3v) is 4.13. The Morgan fingerprint density at radius 3 is 2.59 bits per heavy atom. The van der Waals surface area contributed by atoms with E-state index in [0.717, 1.165) is 10.5 Å². The summed E-state index contributed by atoms with van der Waals surface area (Å²) in [6.07, 6.45) is 1.55. The van der Waals surface area contributed by atoms with E-state index in [1.165, 1.54) is 0 Å². The van der Waals surface area contributed by atoms with Crippen molar-refractivity contribution in [3.05, 3.63) is 72.2 Å². The predicted molar refractivity (Wildman–Crippen MR) is 94.9 cm³/mol. The third kappa shape index (κ3) is 3.22. The Bertz CT molecular complexity index is 1030. The van der Waals surface area contributed by atoms with Gasteiger partial charge in [0.1, 0.15) is 6.54 Å². The average Bonchev–Trinajstić information content (AvgIpc) is 3.27. The van der Waals surface area contributed by atoms with Gasteiger partial charge in [-0.15, -0.1) is 0 Å². The van der Waals surface area contributed by atoms with E-state index >= 15 is 0 Å². The normalized spacial score (nSPS) is 13.0. The molecule has 27 heavy (non-hydrogen) atoms. The Balaban J connectivity index is 1.39. The highest BCUT2D eigenvalue weighted by atomic mass is 16.5. The number of oxazole rings is 1. The molecule has 134 valence electrons. The number of amides is 1. The molecule has 0 saturated carbocycles. The lowest BCUT2D eigenvalue weighted by atomic mass is 10.1. The summed E-state index contributed by atoms with van der Waals surface area (Å²) in [7, 11) is 0. The van der Waals surface area contributed by atoms with Crippen LogP contribution < -0.4 is 4.90 Å². The van der Waals surface area contributed by atoms with Gasteiger partial charge in [-0.2, -0.15) is 0 Å². The molecule has 1 aromatic heterocycles. The van der Waals surface area contributed by atoms with Crippen LogP contribution in [0.15, 0.2) is 65.2 Å². The lowest BCUT2D eigenvalue weighted by molar-refractivity contribution is -0.144. The number of hydrogen-bond donors (Lipinski definition) is 0. The topological polar surface area (TPSA) is 89.7 Å². The van der Waals surface area contributed by atoms with Crippen LogP contribution in [0.2, 0.25) is 0 Å². The summed E-state index contributed by atoms with van der Waals surface area (Å²) in [6.45, 7) is -0.517. The monoisotopic (exact) mass is 362 g/mol. The van der Waals surface area contributed by atoms with E-state index in [9.17, 15) is 14.4 Å². The molecule has 1 aliphatic rings. The summed E-state index contributed by atoms with van der Waals surface area (Å²) in [5, 5.41) is 0. The maximum Gasteiger partial charge on any atom is 0.326 e. The smallest absolute Gasteiger partial charge is 0.326 e. The van der Waals surface area contributed by atoms with Crippen molar-refractivity contribution in [2.24, 2.45) is 0 Å². The van der Waals surface area contributed by atoms with E-state index in [-0.39, 0.29) is 24.6 Å². The van der Waals surface area contributed by atoms with Gasteiger partial charge in [-0.1, -0.05) is 42.5 Å². The average molecular weight is 362 g/mol. The first kappa shape index (κ1) is 16.7. The van der Waals surface area contributed by atoms with Crippen molar-refractivity contribution in [1.82, 2.24) is 4.98 Å². The predicted octanol–water partition coefficient (Wildman–Crippen LogP) is 2.61. The molecule has 0 fully saturated rings. The molecular weight excluding hydrogens is 348 g/mol. The zero-order valence-electron chi connectivity index (χ0n) is 14.1. The SMILES string of the molecule is O=C(CN1C(=O)C(=O)c2ccccc21)OCc1ncc(-c2ccccc2)o1. The number of para-hydroxylation sites is 1. The molecule has 0 bridgehead atoms. The number of fused-ring (bicyclic) bond motifs is 1. The summed E-state index contributed by atoms with van der Waals surface area (Å²) in [4.78, 5) is 41.3. The maximum atomic E-state index is 12.1. The van der Waals surface area contributed by atoms with Crippen LogP contribution in [0.4, 0.5) is 5.69 Å². The molecule has 2 aromatic carbocycles. The van der Waals surface area contributed by atoms with Gasteiger partial charge in [0.25, 0.3) is 11.7 Å². The summed E-state index contributed by atoms with van der Waals surface area (Å²) in [6, 6.07) is 15.9. The number of ether oxygens (including phenoxy) is 1. The number of hydrogen-bond acceptors (Lipinski definition) is 6. The van der Waals surface area contributed by atoms with Crippen LogP contribution in [-0.2, 0) is 20.9 Å². The second-order valence-electron chi connectivity index (χ2n) is 5.88. The van der Waals surface area contributed by atoms with Crippen LogP contribution in [0.25, 0.3) is 11.3 Å². The Morgan fingerprint density at radius 2 is 1.78 bits per heavy atom. The fourth-order valence-electron chi connectivity index (χ4n) is 2.84. The number of carbonyl (C=O) groups is 3. The quantitative estimate of drug-likeness (QED) is 0.512. The molecule has 4 rings (SSSR count). The molecule has 7 heteroatoms. The fraction of sp³-hybridized carbons (Fsp3) is 0.100. The lowest BCUT2D eigenvalue weighted by Gasteiger charge is -2.14. The van der Waals surface area contributed by atoms with Crippen LogP contribution in [-0.4, -0.2) is 29.2 Å². The van der Waals surface area contributed by atoms with Gasteiger partial charge < -0.3 is 9.15 Å². The van der Waals surface area contributed by atoms with E-state index in [1.54, 1.807) is 30.5 Å². The summed E-state index contributed by atoms with van der Waals surface area (Å²) in [5.41, 5.74) is 1.56. The maximum absolute atomic E-state index is 12.1. The first-order valence-corrected chi connectivity index (χ1v) is 8.24. The van der Waals surface area contributed by atoms with Crippen LogP contribution >= 0.6 is 0 Å². The molecule has 0 radical (unpaired) electrons. The van der Waals surface area contributed by atoms with Gasteiger partial charge in [-0.25, -0.2) is 4.98 Å². The highest BCUT2D eigenvalue weighted by Crippen LogP contribution is 2.28. The van der Waals surface area contributed by atoms with E-state index in [0.29, 0.717) is 11.4 Å². The Hall–Kier alpha value is -3.74. The molecule has 1 aliphatic heterocycles. The van der Waals surface area contributed by atoms with Gasteiger partial charge in [-0.3, -0.25) is 19.3 Å². The minimum absolute atomic E-state index is 0.163. The van der Waals surface area contributed by atoms with E-state index < -0.39 is 17.7 Å². The number of nitrogens with zero attached hydrogens (tertiary/aromatic N) is 2. The third-order valence-electron chi connectivity index (χ3n) is 4.13. The molecule has 0 unspecified atom stereocenters. The Morgan fingerprint density at radius 1 is 1.04 bits per heavy atom. The first-order chi connectivity index (χ1) is 13.1. The van der Waals surface area contributed by atoms with E-state index in [4.69, 9.17) is 9.15 Å². The zero-order chi connectivity index (χ0) is 18.8. The van der Waals surface area contributed by atoms with Gasteiger partial charge >= 0.3 is 5.97 Å². The fourth-order valence-corrected chi connectivity index (χ4v) is 2.84. The molecule has 0 spiro atoms. The van der Waals surface area contributed by atoms with Crippen molar-refractivity contribution in [3.63, 3.8) is 0 Å². The molecule has 1 amide bonds. The van der Waals surface area contributed by atoms with Crippen molar-refractivity contribution in [2.45, 2.75) is 6.61 Å². The zero-order valence-corrected chi connectivity index (χ0v) is 14.1. The van der Waals surface area contributed by atoms with Gasteiger partial charge in [0, 0.05) is 5.56 Å². The van der Waals surface area contributed by atoms with Crippen molar-refractivity contribution in [2.75, 3.05) is 11.4 Å². The van der Waals surface area contributed by atoms with Crippen molar-refractivity contribution in [1.29, 1.82) is 0 Å². The second kappa shape index (κ2) is 6.87. The van der Waals surface area contributed by atoms with Crippen molar-refractivity contribution in [3.8, 4) is 11.3 Å². The molecule has 2 heterocycles. The standard InChI is InChI=1S/C20H14N2O5/c23-18(11-22-15-9-5-4-8-14(15)19(24)20(22)25)26-12-17-21-10-16(27-17)13-6-2-1-3-7-13/h1-10H,11-12H2. The second-order valence-corrected chi connectivity index (χ2v) is 5.88. The molecular formula is C20H14N2O5. The molecule has 0 N–H and O–H groups in total. The molecule has 0 aliphatic carbocycles. The Labute approximate surface area is 154 Å². The largest absolute Gasteiger partial charge is 0.454 e. The highest BCUT2D eigenvalue weighted by Gasteiger charge is 2.36. The van der Waals surface area contributed by atoms with Gasteiger partial charge in [0.15, 0.2) is 12.4 Å². The van der Waals surface area contributed by atoms with Crippen LogP contribution in [0, 0.1) is 0 Å². The molecule has 7 nitrogen and oxygen atoms in total. The minimum atomic E-state index is -0.740. The molecule has 3 aromatic rings. The van der Waals surface area contributed by atoms with Gasteiger partial charge in [0.2, 0.25) is 5.89 Å². The number of esters is 1. The van der Waals surface area contributed by atoms with Crippen LogP contribution in [0.3, 0.4) is 0 Å². The molecule has 0 atom stereocenters. The van der Waals surface area contributed by atoms with Crippen LogP contribution in [0.1, 0.15) is 16.2 Å². The highest BCUT2D eigenvalue weighted by molar-refractivity contribution is 6.52. The number of aromatic nitrogens is 1. The van der Waals surface area contributed by atoms with Gasteiger partial charge in [0.05, 0.1) is 17.4 Å². The van der Waals surface area contributed by atoms with E-state index in [2.05, 4.69) is 4.98 Å². The van der Waals surface area contributed by atoms with Crippen molar-refractivity contribution >= 4 is 23.3 Å². The molecule has 0 saturated heterocycles. The number of rotatable bonds is 5. The number of benzene rings is 2.